The summed E-state index contributed by atoms with van der Waals surface area (Å²) in [5.41, 5.74) is 1.33. The van der Waals surface area contributed by atoms with Crippen molar-refractivity contribution < 1.29 is 14.6 Å². The molecule has 0 aliphatic carbocycles. The van der Waals surface area contributed by atoms with Gasteiger partial charge in [-0.05, 0) is 12.1 Å². The molecule has 4 nitrogen and oxygen atoms in total. The molecule has 0 amide bonds. The van der Waals surface area contributed by atoms with Gasteiger partial charge in [0.1, 0.15) is 5.15 Å². The number of ether oxygens (including phenoxy) is 2. The Bertz CT molecular complexity index is 560. The Balaban J connectivity index is 2.28. The maximum Gasteiger partial charge on any atom is 0.231 e. The van der Waals surface area contributed by atoms with Crippen molar-refractivity contribution in [2.75, 3.05) is 6.79 Å². The largest absolute Gasteiger partial charge is 0.454 e. The lowest BCUT2D eigenvalue weighted by molar-refractivity contribution is 0.174. The van der Waals surface area contributed by atoms with Gasteiger partial charge in [-0.3, -0.25) is 0 Å². The number of hydrogen-bond acceptors (Lipinski definition) is 4. The number of aliphatic hydroxyl groups excluding tert-OH is 1. The first-order valence-electron chi connectivity index (χ1n) is 4.77. The summed E-state index contributed by atoms with van der Waals surface area (Å²) in [5.74, 6) is 1.37. The monoisotopic (exact) mass is 237 g/mol. The van der Waals surface area contributed by atoms with Crippen LogP contribution < -0.4 is 9.47 Å². The van der Waals surface area contributed by atoms with E-state index in [0.29, 0.717) is 22.2 Å². The first kappa shape index (κ1) is 9.69. The molecule has 82 valence electrons. The molecule has 1 aliphatic heterocycles. The van der Waals surface area contributed by atoms with Crippen LogP contribution in [0.25, 0.3) is 10.9 Å². The van der Waals surface area contributed by atoms with Crippen LogP contribution in [0.15, 0.2) is 18.2 Å². The number of aliphatic hydroxyl groups is 1. The molecule has 0 spiro atoms. The molecule has 1 aromatic carbocycles. The van der Waals surface area contributed by atoms with Gasteiger partial charge in [-0.2, -0.15) is 0 Å². The number of fused-ring (bicyclic) bond motifs is 2. The van der Waals surface area contributed by atoms with Crippen molar-refractivity contribution in [1.29, 1.82) is 0 Å². The fourth-order valence-corrected chi connectivity index (χ4v) is 1.90. The van der Waals surface area contributed by atoms with E-state index in [1.54, 1.807) is 12.1 Å². The van der Waals surface area contributed by atoms with Gasteiger partial charge in [0.2, 0.25) is 6.79 Å². The minimum Gasteiger partial charge on any atom is -0.454 e. The Morgan fingerprint density at radius 2 is 2.00 bits per heavy atom. The Morgan fingerprint density at radius 1 is 1.25 bits per heavy atom. The third-order valence-electron chi connectivity index (χ3n) is 2.51. The standard InChI is InChI=1S/C11H8ClNO3/c12-11-7(4-14)1-6-2-9-10(16-5-15-9)3-8(6)13-11/h1-3,14H,4-5H2. The average Bonchev–Trinajstić information content (AvgIpc) is 2.72. The van der Waals surface area contributed by atoms with Crippen molar-refractivity contribution in [2.45, 2.75) is 6.61 Å². The summed E-state index contributed by atoms with van der Waals surface area (Å²) in [7, 11) is 0. The second kappa shape index (κ2) is 3.50. The van der Waals surface area contributed by atoms with Gasteiger partial charge in [-0.1, -0.05) is 11.6 Å². The summed E-state index contributed by atoms with van der Waals surface area (Å²) in [4.78, 5) is 4.19. The predicted molar refractivity (Wildman–Crippen MR) is 58.8 cm³/mol. The highest BCUT2D eigenvalue weighted by molar-refractivity contribution is 6.30. The topological polar surface area (TPSA) is 51.6 Å². The molecule has 1 aromatic heterocycles. The van der Waals surface area contributed by atoms with E-state index in [4.69, 9.17) is 26.2 Å². The first-order valence-corrected chi connectivity index (χ1v) is 5.15. The molecule has 2 aromatic rings. The van der Waals surface area contributed by atoms with Gasteiger partial charge in [0.25, 0.3) is 0 Å². The Kier molecular flexibility index (Phi) is 2.12. The minimum atomic E-state index is -0.129. The van der Waals surface area contributed by atoms with Crippen LogP contribution in [0, 0.1) is 0 Å². The molecule has 2 heterocycles. The lowest BCUT2D eigenvalue weighted by atomic mass is 10.1. The lowest BCUT2D eigenvalue weighted by Gasteiger charge is -2.04. The number of halogens is 1. The zero-order valence-corrected chi connectivity index (χ0v) is 8.99. The Morgan fingerprint density at radius 3 is 2.75 bits per heavy atom. The van der Waals surface area contributed by atoms with Crippen LogP contribution in [-0.2, 0) is 6.61 Å². The summed E-state index contributed by atoms with van der Waals surface area (Å²) in [6, 6.07) is 5.41. The van der Waals surface area contributed by atoms with Crippen LogP contribution in [0.1, 0.15) is 5.56 Å². The summed E-state index contributed by atoms with van der Waals surface area (Å²) >= 11 is 5.91. The number of rotatable bonds is 1. The van der Waals surface area contributed by atoms with E-state index < -0.39 is 0 Å². The SMILES string of the molecule is OCc1cc2cc3c(cc2nc1Cl)OCO3. The van der Waals surface area contributed by atoms with Crippen LogP contribution in [-0.4, -0.2) is 16.9 Å². The van der Waals surface area contributed by atoms with Gasteiger partial charge >= 0.3 is 0 Å². The second-order valence-electron chi connectivity index (χ2n) is 3.49. The first-order chi connectivity index (χ1) is 7.78. The molecule has 0 atom stereocenters. The van der Waals surface area contributed by atoms with Gasteiger partial charge in [0.05, 0.1) is 12.1 Å². The van der Waals surface area contributed by atoms with Crippen LogP contribution >= 0.6 is 11.6 Å². The van der Waals surface area contributed by atoms with E-state index in [0.717, 1.165) is 10.9 Å². The molecule has 3 rings (SSSR count). The van der Waals surface area contributed by atoms with Crippen molar-refractivity contribution in [2.24, 2.45) is 0 Å². The van der Waals surface area contributed by atoms with Crippen LogP contribution in [0.5, 0.6) is 11.5 Å². The number of aromatic nitrogens is 1. The molecule has 0 bridgehead atoms. The van der Waals surface area contributed by atoms with E-state index in [1.165, 1.54) is 0 Å². The predicted octanol–water partition coefficient (Wildman–Crippen LogP) is 2.11. The molecule has 0 fully saturated rings. The maximum atomic E-state index is 9.09. The highest BCUT2D eigenvalue weighted by atomic mass is 35.5. The zero-order chi connectivity index (χ0) is 11.1. The summed E-state index contributed by atoms with van der Waals surface area (Å²) in [5, 5.41) is 10.3. The van der Waals surface area contributed by atoms with E-state index >= 15 is 0 Å². The molecule has 0 radical (unpaired) electrons. The number of benzene rings is 1. The van der Waals surface area contributed by atoms with Crippen molar-refractivity contribution in [3.63, 3.8) is 0 Å². The normalized spacial score (nSPS) is 13.4. The Hall–Kier alpha value is -1.52. The summed E-state index contributed by atoms with van der Waals surface area (Å²) in [6.07, 6.45) is 0. The van der Waals surface area contributed by atoms with Crippen molar-refractivity contribution in [3.05, 3.63) is 28.9 Å². The third-order valence-corrected chi connectivity index (χ3v) is 2.83. The molecule has 1 aliphatic rings. The van der Waals surface area contributed by atoms with E-state index in [2.05, 4.69) is 4.98 Å². The molecule has 1 N–H and O–H groups in total. The molecule has 16 heavy (non-hydrogen) atoms. The summed E-state index contributed by atoms with van der Waals surface area (Å²) < 4.78 is 10.5. The van der Waals surface area contributed by atoms with Crippen molar-refractivity contribution in [3.8, 4) is 11.5 Å². The zero-order valence-electron chi connectivity index (χ0n) is 8.24. The van der Waals surface area contributed by atoms with Gasteiger partial charge in [-0.15, -0.1) is 0 Å². The molecular weight excluding hydrogens is 230 g/mol. The summed E-state index contributed by atoms with van der Waals surface area (Å²) in [6.45, 7) is 0.0997. The van der Waals surface area contributed by atoms with Gasteiger partial charge in [0, 0.05) is 17.0 Å². The van der Waals surface area contributed by atoms with Crippen molar-refractivity contribution >= 4 is 22.5 Å². The van der Waals surface area contributed by atoms with Crippen molar-refractivity contribution in [1.82, 2.24) is 4.98 Å². The lowest BCUT2D eigenvalue weighted by Crippen LogP contribution is -1.92. The van der Waals surface area contributed by atoms with E-state index in [-0.39, 0.29) is 13.4 Å². The maximum absolute atomic E-state index is 9.09. The molecule has 5 heteroatoms. The highest BCUT2D eigenvalue weighted by Crippen LogP contribution is 2.36. The van der Waals surface area contributed by atoms with E-state index in [1.807, 2.05) is 6.07 Å². The number of pyridine rings is 1. The van der Waals surface area contributed by atoms with Gasteiger partial charge in [0.15, 0.2) is 11.5 Å². The number of nitrogens with zero attached hydrogens (tertiary/aromatic N) is 1. The fourth-order valence-electron chi connectivity index (χ4n) is 1.70. The molecular formula is C11H8ClNO3. The third kappa shape index (κ3) is 1.38. The molecule has 0 saturated carbocycles. The highest BCUT2D eigenvalue weighted by Gasteiger charge is 2.15. The van der Waals surface area contributed by atoms with Gasteiger partial charge in [-0.25, -0.2) is 4.98 Å². The average molecular weight is 238 g/mol. The van der Waals surface area contributed by atoms with Crippen LogP contribution in [0.4, 0.5) is 0 Å². The van der Waals surface area contributed by atoms with Crippen LogP contribution in [0.2, 0.25) is 5.15 Å². The number of hydrogen-bond donors (Lipinski definition) is 1. The molecule has 0 unspecified atom stereocenters. The van der Waals surface area contributed by atoms with Gasteiger partial charge < -0.3 is 14.6 Å². The van der Waals surface area contributed by atoms with E-state index in [9.17, 15) is 0 Å². The van der Waals surface area contributed by atoms with Crippen LogP contribution in [0.3, 0.4) is 0 Å². The second-order valence-corrected chi connectivity index (χ2v) is 3.85. The quantitative estimate of drug-likeness (QED) is 0.772. The smallest absolute Gasteiger partial charge is 0.231 e. The minimum absolute atomic E-state index is 0.129. The molecule has 0 saturated heterocycles. The fraction of sp³-hybridized carbons (Fsp3) is 0.182. The Labute approximate surface area is 96.4 Å².